The number of nitrogens with one attached hydrogen (secondary N) is 1. The van der Waals surface area contributed by atoms with Gasteiger partial charge in [0, 0.05) is 11.0 Å². The van der Waals surface area contributed by atoms with E-state index < -0.39 is 10.0 Å². The lowest BCUT2D eigenvalue weighted by Gasteiger charge is -2.16. The first-order valence-electron chi connectivity index (χ1n) is 7.24. The fourth-order valence-corrected chi connectivity index (χ4v) is 4.34. The van der Waals surface area contributed by atoms with Crippen LogP contribution in [0.3, 0.4) is 0 Å². The lowest BCUT2D eigenvalue weighted by atomic mass is 10.1. The molecule has 2 rings (SSSR count). The topological polar surface area (TPSA) is 88.4 Å². The summed E-state index contributed by atoms with van der Waals surface area (Å²) in [4.78, 5) is 0.753. The van der Waals surface area contributed by atoms with Crippen molar-refractivity contribution in [2.75, 3.05) is 18.9 Å². The second kappa shape index (κ2) is 7.68. The summed E-state index contributed by atoms with van der Waals surface area (Å²) in [6.45, 7) is 3.57. The Bertz CT molecular complexity index is 911. The van der Waals surface area contributed by atoms with Crippen LogP contribution in [0, 0.1) is 24.5 Å². The molecule has 0 unspecified atom stereocenters. The van der Waals surface area contributed by atoms with Crippen molar-refractivity contribution in [2.24, 2.45) is 0 Å². The van der Waals surface area contributed by atoms with Crippen LogP contribution in [0.15, 0.2) is 40.1 Å². The molecule has 0 aliphatic carbocycles. The maximum atomic E-state index is 12.9. The normalized spacial score (nSPS) is 10.8. The van der Waals surface area contributed by atoms with Crippen LogP contribution in [0.2, 0.25) is 0 Å². The summed E-state index contributed by atoms with van der Waals surface area (Å²) in [5, 5.41) is 10.8. The Labute approximate surface area is 151 Å². The van der Waals surface area contributed by atoms with Gasteiger partial charge in [-0.25, -0.2) is 8.42 Å². The van der Waals surface area contributed by atoms with E-state index in [2.05, 4.69) is 4.72 Å². The van der Waals surface area contributed by atoms with Crippen molar-refractivity contribution < 1.29 is 17.9 Å². The standard InChI is InChI=1S/C17H18N2O4S2/c1-11-7-14(24-10-18)8-12(2)17(11)19-25(20,21)16-9-13(22-3)5-6-15(16)23-4/h5-9,19H,1-4H3. The number of benzene rings is 2. The Morgan fingerprint density at radius 1 is 1.08 bits per heavy atom. The molecule has 0 spiro atoms. The molecule has 0 aliphatic rings. The zero-order chi connectivity index (χ0) is 18.6. The third kappa shape index (κ3) is 4.18. The summed E-state index contributed by atoms with van der Waals surface area (Å²) < 4.78 is 38.6. The van der Waals surface area contributed by atoms with Crippen molar-refractivity contribution in [3.63, 3.8) is 0 Å². The predicted octanol–water partition coefficient (Wildman–Crippen LogP) is 3.69. The van der Waals surface area contributed by atoms with Crippen LogP contribution in [0.25, 0.3) is 0 Å². The maximum Gasteiger partial charge on any atom is 0.265 e. The van der Waals surface area contributed by atoms with E-state index in [1.807, 2.05) is 5.40 Å². The van der Waals surface area contributed by atoms with Crippen molar-refractivity contribution in [3.05, 3.63) is 41.5 Å². The molecule has 0 atom stereocenters. The van der Waals surface area contributed by atoms with Crippen LogP contribution in [0.5, 0.6) is 11.5 Å². The number of nitrogens with zero attached hydrogens (tertiary/aromatic N) is 1. The van der Waals surface area contributed by atoms with Gasteiger partial charge in [0.15, 0.2) is 0 Å². The Morgan fingerprint density at radius 3 is 2.24 bits per heavy atom. The first-order valence-corrected chi connectivity index (χ1v) is 9.54. The highest BCUT2D eigenvalue weighted by Gasteiger charge is 2.22. The van der Waals surface area contributed by atoms with Crippen molar-refractivity contribution in [1.82, 2.24) is 0 Å². The van der Waals surface area contributed by atoms with E-state index in [4.69, 9.17) is 14.7 Å². The molecule has 0 aliphatic heterocycles. The van der Waals surface area contributed by atoms with Crippen LogP contribution >= 0.6 is 11.8 Å². The quantitative estimate of drug-likeness (QED) is 0.609. The SMILES string of the molecule is COc1ccc(OC)c(S(=O)(=O)Nc2c(C)cc(SC#N)cc2C)c1. The van der Waals surface area contributed by atoms with Gasteiger partial charge in [-0.1, -0.05) is 0 Å². The summed E-state index contributed by atoms with van der Waals surface area (Å²) in [5.74, 6) is 0.635. The first kappa shape index (κ1) is 19.0. The number of ether oxygens (including phenoxy) is 2. The molecule has 132 valence electrons. The summed E-state index contributed by atoms with van der Waals surface area (Å²) in [7, 11) is -1.01. The number of aryl methyl sites for hydroxylation is 2. The molecule has 8 heteroatoms. The monoisotopic (exact) mass is 378 g/mol. The highest BCUT2D eigenvalue weighted by Crippen LogP contribution is 2.33. The number of thioether (sulfide) groups is 1. The molecule has 0 aromatic heterocycles. The number of hydrogen-bond acceptors (Lipinski definition) is 6. The highest BCUT2D eigenvalue weighted by atomic mass is 32.2. The summed E-state index contributed by atoms with van der Waals surface area (Å²) >= 11 is 1.03. The molecule has 0 saturated heterocycles. The van der Waals surface area contributed by atoms with Gasteiger partial charge in [0.2, 0.25) is 0 Å². The molecule has 6 nitrogen and oxygen atoms in total. The summed E-state index contributed by atoms with van der Waals surface area (Å²) in [6, 6.07) is 8.11. The molecule has 1 N–H and O–H groups in total. The van der Waals surface area contributed by atoms with Gasteiger partial charge >= 0.3 is 0 Å². The molecular formula is C17H18N2O4S2. The maximum absolute atomic E-state index is 12.9. The number of thiocyanates is 1. The molecule has 0 amide bonds. The lowest BCUT2D eigenvalue weighted by Crippen LogP contribution is -2.16. The van der Waals surface area contributed by atoms with Crippen LogP contribution in [0.4, 0.5) is 5.69 Å². The van der Waals surface area contributed by atoms with E-state index in [1.54, 1.807) is 38.1 Å². The molecule has 0 bridgehead atoms. The van der Waals surface area contributed by atoms with E-state index in [0.717, 1.165) is 27.8 Å². The first-order chi connectivity index (χ1) is 11.8. The van der Waals surface area contributed by atoms with Crippen molar-refractivity contribution in [1.29, 1.82) is 5.26 Å². The largest absolute Gasteiger partial charge is 0.497 e. The van der Waals surface area contributed by atoms with Crippen molar-refractivity contribution in [2.45, 2.75) is 23.6 Å². The third-order valence-electron chi connectivity index (χ3n) is 3.57. The average molecular weight is 378 g/mol. The van der Waals surface area contributed by atoms with Gasteiger partial charge in [-0.2, -0.15) is 5.26 Å². The molecule has 0 radical (unpaired) electrons. The van der Waals surface area contributed by atoms with Gasteiger partial charge in [0.1, 0.15) is 21.8 Å². The van der Waals surface area contributed by atoms with Gasteiger partial charge in [-0.3, -0.25) is 4.72 Å². The van der Waals surface area contributed by atoms with E-state index >= 15 is 0 Å². The van der Waals surface area contributed by atoms with Crippen LogP contribution in [0.1, 0.15) is 11.1 Å². The summed E-state index contributed by atoms with van der Waals surface area (Å²) in [5.41, 5.74) is 1.93. The predicted molar refractivity (Wildman–Crippen MR) is 97.7 cm³/mol. The Hall–Kier alpha value is -2.37. The number of methoxy groups -OCH3 is 2. The Morgan fingerprint density at radius 2 is 1.72 bits per heavy atom. The molecule has 0 heterocycles. The van der Waals surface area contributed by atoms with E-state index in [-0.39, 0.29) is 10.6 Å². The average Bonchev–Trinajstić information content (AvgIpc) is 2.58. The van der Waals surface area contributed by atoms with Crippen LogP contribution < -0.4 is 14.2 Å². The minimum atomic E-state index is -3.89. The molecule has 2 aromatic rings. The number of rotatable bonds is 6. The van der Waals surface area contributed by atoms with Gasteiger partial charge in [-0.05, 0) is 61.0 Å². The molecular weight excluding hydrogens is 360 g/mol. The Balaban J connectivity index is 2.48. The van der Waals surface area contributed by atoms with Gasteiger partial charge in [0.25, 0.3) is 10.0 Å². The van der Waals surface area contributed by atoms with Crippen LogP contribution in [-0.2, 0) is 10.0 Å². The second-order valence-corrected chi connectivity index (χ2v) is 7.76. The van der Waals surface area contributed by atoms with Gasteiger partial charge in [0.05, 0.1) is 19.9 Å². The van der Waals surface area contributed by atoms with Gasteiger partial charge < -0.3 is 9.47 Å². The number of nitriles is 1. The smallest absolute Gasteiger partial charge is 0.265 e. The highest BCUT2D eigenvalue weighted by molar-refractivity contribution is 8.03. The zero-order valence-corrected chi connectivity index (χ0v) is 15.9. The zero-order valence-electron chi connectivity index (χ0n) is 14.3. The fourth-order valence-electron chi connectivity index (χ4n) is 2.38. The van der Waals surface area contributed by atoms with Crippen molar-refractivity contribution >= 4 is 27.5 Å². The van der Waals surface area contributed by atoms with E-state index in [9.17, 15) is 8.42 Å². The molecule has 0 saturated carbocycles. The van der Waals surface area contributed by atoms with E-state index in [0.29, 0.717) is 11.4 Å². The number of sulfonamides is 1. The van der Waals surface area contributed by atoms with E-state index in [1.165, 1.54) is 20.3 Å². The molecule has 25 heavy (non-hydrogen) atoms. The van der Waals surface area contributed by atoms with Crippen molar-refractivity contribution in [3.8, 4) is 16.9 Å². The number of anilines is 1. The minimum absolute atomic E-state index is 0.0105. The fraction of sp³-hybridized carbons (Fsp3) is 0.235. The lowest BCUT2D eigenvalue weighted by molar-refractivity contribution is 0.392. The molecule has 2 aromatic carbocycles. The number of hydrogen-bond donors (Lipinski definition) is 1. The summed E-state index contributed by atoms with van der Waals surface area (Å²) in [6.07, 6.45) is 0. The third-order valence-corrected chi connectivity index (χ3v) is 5.50. The second-order valence-electron chi connectivity index (χ2n) is 5.25. The van der Waals surface area contributed by atoms with Gasteiger partial charge in [-0.15, -0.1) is 0 Å². The van der Waals surface area contributed by atoms with Crippen LogP contribution in [-0.4, -0.2) is 22.6 Å². The molecule has 0 fully saturated rings. The minimum Gasteiger partial charge on any atom is -0.497 e. The Kier molecular flexibility index (Phi) is 5.82.